The summed E-state index contributed by atoms with van der Waals surface area (Å²) in [7, 11) is 0. The molecule has 1 saturated heterocycles. The van der Waals surface area contributed by atoms with Crippen LogP contribution in [0.4, 0.5) is 17.1 Å². The summed E-state index contributed by atoms with van der Waals surface area (Å²) in [5.74, 6) is -0.293. The highest BCUT2D eigenvalue weighted by Gasteiger charge is 2.16. The fourth-order valence-electron chi connectivity index (χ4n) is 3.67. The summed E-state index contributed by atoms with van der Waals surface area (Å²) in [4.78, 5) is 25.2. The Bertz CT molecular complexity index is 966. The number of nitro benzene ring substituents is 1. The summed E-state index contributed by atoms with van der Waals surface area (Å²) in [6.07, 6.45) is 6.05. The molecule has 0 saturated carbocycles. The van der Waals surface area contributed by atoms with Crippen molar-refractivity contribution in [3.8, 4) is 0 Å². The zero-order valence-electron chi connectivity index (χ0n) is 18.1. The molecule has 3 rings (SSSR count). The minimum Gasteiger partial charge on any atom is -0.376 e. The fourth-order valence-corrected chi connectivity index (χ4v) is 3.67. The van der Waals surface area contributed by atoms with Gasteiger partial charge in [0.05, 0.1) is 17.7 Å². The van der Waals surface area contributed by atoms with Gasteiger partial charge in [-0.3, -0.25) is 14.9 Å². The molecule has 0 unspecified atom stereocenters. The zero-order chi connectivity index (χ0) is 22.2. The second-order valence-corrected chi connectivity index (χ2v) is 7.87. The zero-order valence-corrected chi connectivity index (χ0v) is 18.1. The first kappa shape index (κ1) is 22.3. The van der Waals surface area contributed by atoms with Crippen molar-refractivity contribution in [1.29, 1.82) is 0 Å². The van der Waals surface area contributed by atoms with Crippen LogP contribution in [-0.2, 0) is 4.79 Å². The summed E-state index contributed by atoms with van der Waals surface area (Å²) < 4.78 is 0. The number of carbonyl (C=O) groups excluding carboxylic acids is 1. The van der Waals surface area contributed by atoms with E-state index in [4.69, 9.17) is 0 Å². The molecule has 0 aromatic heterocycles. The number of benzene rings is 2. The molecule has 0 atom stereocenters. The average Bonchev–Trinajstić information content (AvgIpc) is 3.03. The number of rotatable bonds is 7. The summed E-state index contributed by atoms with van der Waals surface area (Å²) in [5.41, 5.74) is 7.10. The van der Waals surface area contributed by atoms with Gasteiger partial charge in [-0.15, -0.1) is 0 Å². The number of nitrogens with zero attached hydrogens (tertiary/aromatic N) is 3. The first-order valence-electron chi connectivity index (χ1n) is 10.6. The van der Waals surface area contributed by atoms with Crippen LogP contribution in [0.15, 0.2) is 41.5 Å². The first-order valence-corrected chi connectivity index (χ1v) is 10.6. The monoisotopic (exact) mass is 423 g/mol. The summed E-state index contributed by atoms with van der Waals surface area (Å²) in [6.45, 7) is 5.87. The topological polar surface area (TPSA) is 99.9 Å². The van der Waals surface area contributed by atoms with Crippen LogP contribution < -0.4 is 15.6 Å². The lowest BCUT2D eigenvalue weighted by Crippen LogP contribution is -2.27. The molecule has 1 aliphatic heterocycles. The Balaban J connectivity index is 1.68. The number of anilines is 2. The standard InChI is InChI=1S/C23H29N5O3/c1-17-7-8-18(2)21(13-17)24-16-23(29)26-25-15-19-14-20(28(30)31)9-10-22(19)27-11-5-3-4-6-12-27/h7-10,13-15,24H,3-6,11-12,16H2,1-2H3,(H,26,29). The number of amides is 1. The van der Waals surface area contributed by atoms with E-state index in [0.29, 0.717) is 5.56 Å². The van der Waals surface area contributed by atoms with Gasteiger partial charge in [-0.25, -0.2) is 5.43 Å². The lowest BCUT2D eigenvalue weighted by atomic mass is 10.1. The SMILES string of the molecule is Cc1ccc(C)c(NCC(=O)NN=Cc2cc([N+](=O)[O-])ccc2N2CCCCCC2)c1. The number of nitro groups is 1. The van der Waals surface area contributed by atoms with E-state index in [0.717, 1.165) is 48.4 Å². The smallest absolute Gasteiger partial charge is 0.270 e. The van der Waals surface area contributed by atoms with Crippen molar-refractivity contribution in [2.75, 3.05) is 29.9 Å². The van der Waals surface area contributed by atoms with Crippen molar-refractivity contribution in [1.82, 2.24) is 5.43 Å². The van der Waals surface area contributed by atoms with Crippen molar-refractivity contribution in [3.05, 3.63) is 63.2 Å². The molecule has 0 aliphatic carbocycles. The van der Waals surface area contributed by atoms with Crippen LogP contribution in [0, 0.1) is 24.0 Å². The summed E-state index contributed by atoms with van der Waals surface area (Å²) in [5, 5.41) is 18.4. The first-order chi connectivity index (χ1) is 14.9. The van der Waals surface area contributed by atoms with Gasteiger partial charge in [0.15, 0.2) is 0 Å². The van der Waals surface area contributed by atoms with Crippen LogP contribution in [0.5, 0.6) is 0 Å². The number of non-ortho nitro benzene ring substituents is 1. The van der Waals surface area contributed by atoms with E-state index >= 15 is 0 Å². The maximum atomic E-state index is 12.2. The van der Waals surface area contributed by atoms with E-state index in [1.54, 1.807) is 6.07 Å². The van der Waals surface area contributed by atoms with E-state index in [2.05, 4.69) is 20.7 Å². The van der Waals surface area contributed by atoms with E-state index in [9.17, 15) is 14.9 Å². The Hall–Kier alpha value is -3.42. The molecule has 1 aliphatic rings. The molecule has 1 heterocycles. The third kappa shape index (κ3) is 6.28. The van der Waals surface area contributed by atoms with E-state index in [1.807, 2.05) is 32.0 Å². The molecule has 2 aromatic carbocycles. The molecule has 0 radical (unpaired) electrons. The van der Waals surface area contributed by atoms with E-state index in [-0.39, 0.29) is 18.1 Å². The molecule has 2 aromatic rings. The van der Waals surface area contributed by atoms with Gasteiger partial charge in [-0.1, -0.05) is 25.0 Å². The molecule has 0 spiro atoms. The molecule has 2 N–H and O–H groups in total. The molecule has 8 heteroatoms. The quantitative estimate of drug-likeness (QED) is 0.396. The molecule has 31 heavy (non-hydrogen) atoms. The highest BCUT2D eigenvalue weighted by molar-refractivity contribution is 5.90. The summed E-state index contributed by atoms with van der Waals surface area (Å²) in [6, 6.07) is 10.8. The molecule has 1 amide bonds. The maximum Gasteiger partial charge on any atom is 0.270 e. The van der Waals surface area contributed by atoms with Gasteiger partial charge in [0.25, 0.3) is 11.6 Å². The molecule has 0 bridgehead atoms. The van der Waals surface area contributed by atoms with Gasteiger partial charge in [-0.05, 0) is 49.9 Å². The Labute approximate surface area is 182 Å². The normalized spacial score (nSPS) is 14.3. The second kappa shape index (κ2) is 10.6. The second-order valence-electron chi connectivity index (χ2n) is 7.87. The Morgan fingerprint density at radius 2 is 1.87 bits per heavy atom. The van der Waals surface area contributed by atoms with E-state index < -0.39 is 4.92 Å². The molecular weight excluding hydrogens is 394 g/mol. The third-order valence-electron chi connectivity index (χ3n) is 5.39. The fraction of sp³-hybridized carbons (Fsp3) is 0.391. The van der Waals surface area contributed by atoms with Gasteiger partial charge in [0.1, 0.15) is 0 Å². The van der Waals surface area contributed by atoms with Crippen LogP contribution in [-0.4, -0.2) is 36.7 Å². The number of carbonyl (C=O) groups is 1. The molecule has 8 nitrogen and oxygen atoms in total. The van der Waals surface area contributed by atoms with Crippen LogP contribution in [0.3, 0.4) is 0 Å². The van der Waals surface area contributed by atoms with Crippen LogP contribution in [0.25, 0.3) is 0 Å². The highest BCUT2D eigenvalue weighted by atomic mass is 16.6. The van der Waals surface area contributed by atoms with Crippen LogP contribution in [0.2, 0.25) is 0 Å². The minimum atomic E-state index is -0.420. The minimum absolute atomic E-state index is 0.00272. The number of aryl methyl sites for hydroxylation is 2. The molecular formula is C23H29N5O3. The maximum absolute atomic E-state index is 12.2. The summed E-state index contributed by atoms with van der Waals surface area (Å²) >= 11 is 0. The van der Waals surface area contributed by atoms with Gasteiger partial charge in [-0.2, -0.15) is 5.10 Å². The largest absolute Gasteiger partial charge is 0.376 e. The van der Waals surface area contributed by atoms with Crippen molar-refractivity contribution >= 4 is 29.2 Å². The van der Waals surface area contributed by atoms with Crippen molar-refractivity contribution in [2.24, 2.45) is 5.10 Å². The Morgan fingerprint density at radius 1 is 1.13 bits per heavy atom. The van der Waals surface area contributed by atoms with Crippen LogP contribution in [0.1, 0.15) is 42.4 Å². The number of hydrazone groups is 1. The van der Waals surface area contributed by atoms with Gasteiger partial charge < -0.3 is 10.2 Å². The lowest BCUT2D eigenvalue weighted by Gasteiger charge is -2.24. The van der Waals surface area contributed by atoms with Gasteiger partial charge >= 0.3 is 0 Å². The number of hydrogen-bond acceptors (Lipinski definition) is 6. The van der Waals surface area contributed by atoms with Gasteiger partial charge in [0, 0.05) is 42.2 Å². The number of hydrogen-bond donors (Lipinski definition) is 2. The van der Waals surface area contributed by atoms with E-state index in [1.165, 1.54) is 31.2 Å². The van der Waals surface area contributed by atoms with Crippen LogP contribution >= 0.6 is 0 Å². The Kier molecular flexibility index (Phi) is 7.59. The molecule has 1 fully saturated rings. The molecule has 164 valence electrons. The van der Waals surface area contributed by atoms with Crippen molar-refractivity contribution < 1.29 is 9.72 Å². The average molecular weight is 424 g/mol. The van der Waals surface area contributed by atoms with Crippen molar-refractivity contribution in [2.45, 2.75) is 39.5 Å². The number of nitrogens with one attached hydrogen (secondary N) is 2. The third-order valence-corrected chi connectivity index (χ3v) is 5.39. The Morgan fingerprint density at radius 3 is 2.58 bits per heavy atom. The predicted molar refractivity (Wildman–Crippen MR) is 124 cm³/mol. The van der Waals surface area contributed by atoms with Crippen molar-refractivity contribution in [3.63, 3.8) is 0 Å². The highest BCUT2D eigenvalue weighted by Crippen LogP contribution is 2.26. The predicted octanol–water partition coefficient (Wildman–Crippen LogP) is 4.15. The van der Waals surface area contributed by atoms with Gasteiger partial charge in [0.2, 0.25) is 0 Å². The lowest BCUT2D eigenvalue weighted by molar-refractivity contribution is -0.384.